The van der Waals surface area contributed by atoms with Gasteiger partial charge in [0, 0.05) is 26.2 Å². The van der Waals surface area contributed by atoms with Crippen LogP contribution in [0.5, 0.6) is 0 Å². The predicted molar refractivity (Wildman–Crippen MR) is 42.5 cm³/mol. The van der Waals surface area contributed by atoms with Crippen LogP contribution in [0.4, 0.5) is 0 Å². The van der Waals surface area contributed by atoms with Crippen LogP contribution < -0.4 is 5.32 Å². The lowest BCUT2D eigenvalue weighted by molar-refractivity contribution is -0.129. The number of hydrogen-bond acceptors (Lipinski definition) is 5. The predicted octanol–water partition coefficient (Wildman–Crippen LogP) is -1.62. The molecule has 0 aromatic carbocycles. The summed E-state index contributed by atoms with van der Waals surface area (Å²) in [4.78, 5) is 11.9. The van der Waals surface area contributed by atoms with E-state index in [1.165, 1.54) is 0 Å². The van der Waals surface area contributed by atoms with Gasteiger partial charge in [0.25, 0.3) is 6.47 Å². The van der Waals surface area contributed by atoms with Crippen LogP contribution in [0.25, 0.3) is 0 Å². The molecule has 2 N–H and O–H groups in total. The normalized spacial score (nSPS) is 25.2. The first kappa shape index (κ1) is 9.44. The van der Waals surface area contributed by atoms with Crippen molar-refractivity contribution in [2.45, 2.75) is 6.23 Å². The van der Waals surface area contributed by atoms with E-state index in [0.29, 0.717) is 26.2 Å². The van der Waals surface area contributed by atoms with Crippen molar-refractivity contribution in [1.82, 2.24) is 10.2 Å². The van der Waals surface area contributed by atoms with Gasteiger partial charge in [0.2, 0.25) is 0 Å². The van der Waals surface area contributed by atoms with Gasteiger partial charge in [0.05, 0.1) is 0 Å². The van der Waals surface area contributed by atoms with E-state index in [-0.39, 0.29) is 0 Å². The molecule has 70 valence electrons. The van der Waals surface area contributed by atoms with E-state index in [9.17, 15) is 9.90 Å². The Bertz CT molecular complexity index is 143. The van der Waals surface area contributed by atoms with Crippen molar-refractivity contribution in [3.63, 3.8) is 0 Å². The number of carbonyl (C=O) groups is 1. The highest BCUT2D eigenvalue weighted by molar-refractivity contribution is 5.36. The second-order valence-electron chi connectivity index (χ2n) is 2.74. The standard InChI is InChI=1S/C7H14N2O3/c10-6-12-4-3-9-2-1-8-7(11)5-9/h6-8,11H,1-5H2. The first-order chi connectivity index (χ1) is 5.83. The van der Waals surface area contributed by atoms with Crippen LogP contribution in [0.15, 0.2) is 0 Å². The topological polar surface area (TPSA) is 61.8 Å². The number of carbonyl (C=O) groups excluding carboxylic acids is 1. The average Bonchev–Trinajstić information content (AvgIpc) is 2.05. The van der Waals surface area contributed by atoms with Gasteiger partial charge in [-0.1, -0.05) is 0 Å². The SMILES string of the molecule is O=COCCN1CCNC(O)C1. The number of piperazine rings is 1. The van der Waals surface area contributed by atoms with Crippen LogP contribution in [0.2, 0.25) is 0 Å². The van der Waals surface area contributed by atoms with E-state index in [1.807, 2.05) is 4.90 Å². The van der Waals surface area contributed by atoms with E-state index >= 15 is 0 Å². The van der Waals surface area contributed by atoms with Gasteiger partial charge in [0.15, 0.2) is 0 Å². The Labute approximate surface area is 71.3 Å². The molecule has 1 aliphatic heterocycles. The fraction of sp³-hybridized carbons (Fsp3) is 0.857. The molecule has 1 fully saturated rings. The maximum atomic E-state index is 9.81. The van der Waals surface area contributed by atoms with E-state index in [1.54, 1.807) is 0 Å². The molecule has 0 radical (unpaired) electrons. The lowest BCUT2D eigenvalue weighted by atomic mass is 10.3. The highest BCUT2D eigenvalue weighted by atomic mass is 16.5. The van der Waals surface area contributed by atoms with Gasteiger partial charge in [-0.3, -0.25) is 15.0 Å². The lowest BCUT2D eigenvalue weighted by Crippen LogP contribution is -2.51. The molecule has 0 amide bonds. The van der Waals surface area contributed by atoms with Crippen molar-refractivity contribution in [3.8, 4) is 0 Å². The summed E-state index contributed by atoms with van der Waals surface area (Å²) in [6, 6.07) is 0. The summed E-state index contributed by atoms with van der Waals surface area (Å²) in [6.07, 6.45) is -0.449. The summed E-state index contributed by atoms with van der Waals surface area (Å²) >= 11 is 0. The molecule has 0 bridgehead atoms. The molecular formula is C7H14N2O3. The van der Waals surface area contributed by atoms with Crippen molar-refractivity contribution < 1.29 is 14.6 Å². The van der Waals surface area contributed by atoms with Gasteiger partial charge >= 0.3 is 0 Å². The molecule has 1 rings (SSSR count). The summed E-state index contributed by atoms with van der Waals surface area (Å²) in [5.41, 5.74) is 0. The minimum atomic E-state index is -0.449. The van der Waals surface area contributed by atoms with Crippen LogP contribution in [0, 0.1) is 0 Å². The Morgan fingerprint density at radius 2 is 2.58 bits per heavy atom. The Morgan fingerprint density at radius 3 is 3.25 bits per heavy atom. The quantitative estimate of drug-likeness (QED) is 0.396. The summed E-state index contributed by atoms with van der Waals surface area (Å²) in [5, 5.41) is 12.1. The maximum Gasteiger partial charge on any atom is 0.293 e. The van der Waals surface area contributed by atoms with Gasteiger partial charge < -0.3 is 9.84 Å². The average molecular weight is 174 g/mol. The molecule has 0 aliphatic carbocycles. The molecule has 1 saturated heterocycles. The third-order valence-corrected chi connectivity index (χ3v) is 1.83. The van der Waals surface area contributed by atoms with E-state index in [4.69, 9.17) is 0 Å². The summed E-state index contributed by atoms with van der Waals surface area (Å²) in [7, 11) is 0. The molecule has 5 nitrogen and oxygen atoms in total. The third kappa shape index (κ3) is 3.17. The summed E-state index contributed by atoms with van der Waals surface area (Å²) in [5.74, 6) is 0. The minimum absolute atomic E-state index is 0.399. The van der Waals surface area contributed by atoms with E-state index in [0.717, 1.165) is 13.1 Å². The molecular weight excluding hydrogens is 160 g/mol. The number of β-amino-alcohol motifs (C(OH)–C–C–N with tert-alkyl or cyclic N) is 1. The number of ether oxygens (including phenoxy) is 1. The van der Waals surface area contributed by atoms with Gasteiger partial charge in [-0.15, -0.1) is 0 Å². The molecule has 1 heterocycles. The monoisotopic (exact) mass is 174 g/mol. The molecule has 12 heavy (non-hydrogen) atoms. The number of rotatable bonds is 4. The second kappa shape index (κ2) is 5.08. The molecule has 0 aromatic heterocycles. The molecule has 1 unspecified atom stereocenters. The highest BCUT2D eigenvalue weighted by Crippen LogP contribution is 1.95. The van der Waals surface area contributed by atoms with Crippen molar-refractivity contribution in [1.29, 1.82) is 0 Å². The number of nitrogens with one attached hydrogen (secondary N) is 1. The number of nitrogens with zero attached hydrogens (tertiary/aromatic N) is 1. The molecule has 0 aromatic rings. The fourth-order valence-corrected chi connectivity index (χ4v) is 1.22. The van der Waals surface area contributed by atoms with Gasteiger partial charge in [0.1, 0.15) is 12.8 Å². The van der Waals surface area contributed by atoms with E-state index in [2.05, 4.69) is 10.1 Å². The van der Waals surface area contributed by atoms with Crippen molar-refractivity contribution in [2.75, 3.05) is 32.8 Å². The highest BCUT2D eigenvalue weighted by Gasteiger charge is 2.15. The Balaban J connectivity index is 2.09. The lowest BCUT2D eigenvalue weighted by Gasteiger charge is -2.30. The van der Waals surface area contributed by atoms with E-state index < -0.39 is 6.23 Å². The molecule has 1 atom stereocenters. The first-order valence-corrected chi connectivity index (χ1v) is 4.02. The fourth-order valence-electron chi connectivity index (χ4n) is 1.22. The van der Waals surface area contributed by atoms with Gasteiger partial charge in [-0.2, -0.15) is 0 Å². The largest absolute Gasteiger partial charge is 0.467 e. The van der Waals surface area contributed by atoms with Crippen LogP contribution in [-0.2, 0) is 9.53 Å². The minimum Gasteiger partial charge on any atom is -0.467 e. The zero-order chi connectivity index (χ0) is 8.81. The number of hydrogen-bond donors (Lipinski definition) is 2. The molecule has 1 aliphatic rings. The number of aliphatic hydroxyl groups excluding tert-OH is 1. The van der Waals surface area contributed by atoms with Crippen LogP contribution in [0.3, 0.4) is 0 Å². The number of aliphatic hydroxyl groups is 1. The molecule has 5 heteroatoms. The zero-order valence-corrected chi connectivity index (χ0v) is 6.90. The Morgan fingerprint density at radius 1 is 1.75 bits per heavy atom. The van der Waals surface area contributed by atoms with Gasteiger partial charge in [-0.25, -0.2) is 0 Å². The van der Waals surface area contributed by atoms with Crippen LogP contribution in [-0.4, -0.2) is 55.5 Å². The van der Waals surface area contributed by atoms with Crippen molar-refractivity contribution >= 4 is 6.47 Å². The third-order valence-electron chi connectivity index (χ3n) is 1.83. The molecule has 0 saturated carbocycles. The Kier molecular flexibility index (Phi) is 3.99. The smallest absolute Gasteiger partial charge is 0.293 e. The van der Waals surface area contributed by atoms with Gasteiger partial charge in [-0.05, 0) is 0 Å². The summed E-state index contributed by atoms with van der Waals surface area (Å²) < 4.78 is 4.55. The van der Waals surface area contributed by atoms with Crippen LogP contribution in [0.1, 0.15) is 0 Å². The van der Waals surface area contributed by atoms with Crippen molar-refractivity contribution in [2.24, 2.45) is 0 Å². The van der Waals surface area contributed by atoms with Crippen LogP contribution >= 0.6 is 0 Å². The summed E-state index contributed by atoms with van der Waals surface area (Å²) in [6.45, 7) is 3.80. The Hall–Kier alpha value is -0.650. The van der Waals surface area contributed by atoms with Crippen molar-refractivity contribution in [3.05, 3.63) is 0 Å². The molecule has 0 spiro atoms. The zero-order valence-electron chi connectivity index (χ0n) is 6.90. The maximum absolute atomic E-state index is 9.81. The first-order valence-electron chi connectivity index (χ1n) is 4.02. The second-order valence-corrected chi connectivity index (χ2v) is 2.74.